The largest absolute Gasteiger partial charge is 1.00 e. The molecule has 0 aliphatic heterocycles. The van der Waals surface area contributed by atoms with E-state index >= 15 is 0 Å². The Labute approximate surface area is 472 Å². The van der Waals surface area contributed by atoms with Gasteiger partial charge in [0.15, 0.2) is 11.6 Å². The summed E-state index contributed by atoms with van der Waals surface area (Å²) < 4.78 is 41.8. The van der Waals surface area contributed by atoms with Crippen molar-refractivity contribution in [3.63, 3.8) is 0 Å². The molecule has 15 nitrogen and oxygen atoms in total. The number of hydrogen-bond donors (Lipinski definition) is 2. The van der Waals surface area contributed by atoms with Crippen molar-refractivity contribution in [2.45, 2.75) is 13.8 Å². The Hall–Kier alpha value is -0.717. The number of nitrogens with one attached hydrogen (secondary N) is 1. The minimum Gasteiger partial charge on any atom is -1.00 e. The molecule has 0 aliphatic rings. The van der Waals surface area contributed by atoms with E-state index in [9.17, 15) is 13.5 Å². The minimum absolute atomic E-state index is 0. The van der Waals surface area contributed by atoms with Gasteiger partial charge in [0.2, 0.25) is 10.6 Å². The van der Waals surface area contributed by atoms with E-state index in [1.807, 2.05) is 44.2 Å². The maximum Gasteiger partial charge on any atom is 1.00 e. The van der Waals surface area contributed by atoms with Crippen LogP contribution in [0.25, 0.3) is 22.8 Å². The molecule has 0 fully saturated rings. The van der Waals surface area contributed by atoms with Gasteiger partial charge >= 0.3 is 103 Å². The van der Waals surface area contributed by atoms with Crippen LogP contribution in [-0.2, 0) is 18.8 Å². The van der Waals surface area contributed by atoms with Crippen molar-refractivity contribution < 1.29 is 134 Å². The standard InChI is InChI=1S/C17H16BrClN5OP.C13H16N3OP.C4HBrCl2N2.CH3F.CH2O3.2K.H/c1-10-7-20-15(21-8-10)11-4-5-13(14(6-11)26(2,3)25)23-16-12(18)9-22-17(19)24-16;1-9-7-15-13(16-8-9)10-4-5-11(14)12(6-10)18(2,3)17;5-2-1-8-4(7)9-3(2)6;1-2;2-1-4-3;;;/h4-9H,1-3H3,(H,22,23,24);4-8H,14H2,1-3H3;1H;1H3;1,3H;;;/q;;;;;2*+1;-1/p-1/i;;;1D;;;;. The Kier molecular flexibility index (Phi) is 28.4. The molecule has 0 atom stereocenters. The van der Waals surface area contributed by atoms with Crippen LogP contribution in [0.3, 0.4) is 0 Å². The Morgan fingerprint density at radius 1 is 0.770 bits per heavy atom. The zero-order valence-electron chi connectivity index (χ0n) is 36.1. The van der Waals surface area contributed by atoms with E-state index in [2.05, 4.69) is 81.9 Å². The van der Waals surface area contributed by atoms with Crippen molar-refractivity contribution in [1.82, 2.24) is 39.9 Å². The summed E-state index contributed by atoms with van der Waals surface area (Å²) in [7, 11) is -5.98. The van der Waals surface area contributed by atoms with Crippen LogP contribution in [0.4, 0.5) is 21.6 Å². The molecule has 0 spiro atoms. The van der Waals surface area contributed by atoms with Crippen LogP contribution in [-0.4, -0.2) is 80.2 Å². The minimum atomic E-state index is -2.59. The van der Waals surface area contributed by atoms with Gasteiger partial charge in [-0.05, 0) is 143 Å². The summed E-state index contributed by atoms with van der Waals surface area (Å²) in [5, 5.41) is 13.6. The Balaban J connectivity index is 0. The topological polar surface area (TPSA) is 225 Å². The molecule has 0 saturated heterocycles. The average molecular weight is 1120 g/mol. The fourth-order valence-electron chi connectivity index (χ4n) is 4.34. The molecule has 0 aliphatic carbocycles. The van der Waals surface area contributed by atoms with Crippen molar-refractivity contribution in [3.05, 3.63) is 109 Å². The molecule has 0 unspecified atom stereocenters. The van der Waals surface area contributed by atoms with Crippen molar-refractivity contribution in [2.75, 3.05) is 44.9 Å². The number of benzene rings is 2. The van der Waals surface area contributed by atoms with Crippen LogP contribution >= 0.6 is 80.9 Å². The van der Waals surface area contributed by atoms with Crippen molar-refractivity contribution in [2.24, 2.45) is 0 Å². The summed E-state index contributed by atoms with van der Waals surface area (Å²) >= 11 is 23.3. The average Bonchev–Trinajstić information content (AvgIpc) is 3.19. The van der Waals surface area contributed by atoms with Crippen LogP contribution in [0.2, 0.25) is 15.7 Å². The third-order valence-electron chi connectivity index (χ3n) is 6.95. The first-order valence-electron chi connectivity index (χ1n) is 16.9. The first-order valence-corrected chi connectivity index (χ1v) is 24.2. The number of anilines is 3. The smallest absolute Gasteiger partial charge is 1.00 e. The number of aryl methyl sites for hydroxylation is 2. The predicted molar refractivity (Wildman–Crippen MR) is 240 cm³/mol. The number of rotatable bonds is 7. The van der Waals surface area contributed by atoms with Gasteiger partial charge in [0.05, 0.1) is 23.2 Å². The summed E-state index contributed by atoms with van der Waals surface area (Å²) in [5.41, 5.74) is 10.7. The molecule has 6 aromatic rings. The number of aromatic nitrogens is 8. The molecule has 3 N–H and O–H groups in total. The van der Waals surface area contributed by atoms with E-state index in [1.165, 1.54) is 6.20 Å². The molecular weight excluding hydrogens is 1080 g/mol. The number of halogens is 6. The Morgan fingerprint density at radius 2 is 1.18 bits per heavy atom. The molecular formula is C36H38Br2Cl3FK2N10O5P2. The second kappa shape index (κ2) is 29.7. The molecule has 0 bridgehead atoms. The van der Waals surface area contributed by atoms with Crippen molar-refractivity contribution in [1.29, 1.82) is 0 Å². The van der Waals surface area contributed by atoms with Gasteiger partial charge in [-0.25, -0.2) is 34.9 Å². The van der Waals surface area contributed by atoms with E-state index in [4.69, 9.17) is 52.0 Å². The fourth-order valence-corrected chi connectivity index (χ4v) is 7.57. The molecule has 61 heavy (non-hydrogen) atoms. The van der Waals surface area contributed by atoms with E-state index in [-0.39, 0.29) is 121 Å². The number of nitrogen functional groups attached to an aromatic ring is 1. The van der Waals surface area contributed by atoms with Crippen LogP contribution in [0.15, 0.2) is 82.5 Å². The van der Waals surface area contributed by atoms with Crippen LogP contribution < -0.4 is 130 Å². The fraction of sp³-hybridized carbons (Fsp3) is 0.194. The van der Waals surface area contributed by atoms with Gasteiger partial charge in [-0.3, -0.25) is 9.18 Å². The number of hydrogen-bond acceptors (Lipinski definition) is 15. The number of nitrogens with two attached hydrogens (primary N) is 1. The maximum atomic E-state index is 12.9. The third kappa shape index (κ3) is 21.0. The number of carbonyl (C=O) groups is 1. The number of carbonyl (C=O) groups excluding carboxylic acids is 1. The molecule has 25 heteroatoms. The van der Waals surface area contributed by atoms with Gasteiger partial charge in [0, 0.05) is 64.6 Å². The van der Waals surface area contributed by atoms with Gasteiger partial charge < -0.3 is 31.8 Å². The Bertz CT molecular complexity index is 2460. The second-order valence-corrected chi connectivity index (χ2v) is 21.4. The van der Waals surface area contributed by atoms with Gasteiger partial charge in [-0.15, -0.1) is 0 Å². The normalized spacial score (nSPS) is 10.3. The van der Waals surface area contributed by atoms with E-state index in [1.54, 1.807) is 63.7 Å². The molecule has 6 rings (SSSR count). The molecule has 316 valence electrons. The number of nitrogens with zero attached hydrogens (tertiary/aromatic N) is 8. The summed E-state index contributed by atoms with van der Waals surface area (Å²) in [4.78, 5) is 43.8. The third-order valence-corrected chi connectivity index (χ3v) is 12.1. The summed E-state index contributed by atoms with van der Waals surface area (Å²) in [6.07, 6.45) is 10.1. The summed E-state index contributed by atoms with van der Waals surface area (Å²) in [6.45, 7) is 10.5. The van der Waals surface area contributed by atoms with Crippen molar-refractivity contribution in [3.8, 4) is 22.8 Å². The first-order chi connectivity index (χ1) is 28.1. The zero-order chi connectivity index (χ0) is 45.2. The SMILES string of the molecule is Cc1cnc(-c2ccc(N)c(P(C)(C)=O)c2)nc1.Cc1cnc(-c2ccc(Nc3nc(Cl)ncc3Br)c(P(C)(C)=O)c2)nc1.Clc1ncc(Br)c(Cl)n1.O=CO[O-].[2H]CF.[H-].[K+].[K+]. The van der Waals surface area contributed by atoms with Crippen LogP contribution in [0, 0.1) is 13.8 Å². The summed E-state index contributed by atoms with van der Waals surface area (Å²) in [6, 6.07) is 11.0. The summed E-state index contributed by atoms with van der Waals surface area (Å²) in [5.74, 6) is 1.71. The van der Waals surface area contributed by atoms with E-state index in [0.717, 1.165) is 22.3 Å². The quantitative estimate of drug-likeness (QED) is 0.0343. The molecule has 0 radical (unpaired) electrons. The van der Waals surface area contributed by atoms with Crippen molar-refractivity contribution >= 4 is 115 Å². The number of alkyl halides is 1. The van der Waals surface area contributed by atoms with E-state index in [0.29, 0.717) is 53.5 Å². The van der Waals surface area contributed by atoms with Gasteiger partial charge in [-0.1, -0.05) is 11.6 Å². The van der Waals surface area contributed by atoms with Gasteiger partial charge in [-0.2, -0.15) is 4.98 Å². The maximum absolute atomic E-state index is 12.9. The monoisotopic (exact) mass is 1110 g/mol. The molecule has 4 aromatic heterocycles. The van der Waals surface area contributed by atoms with Gasteiger partial charge in [0.1, 0.15) is 25.3 Å². The predicted octanol–water partition coefficient (Wildman–Crippen LogP) is 2.62. The Morgan fingerprint density at radius 3 is 1.59 bits per heavy atom. The molecule has 4 heterocycles. The van der Waals surface area contributed by atoms with Crippen LogP contribution in [0.5, 0.6) is 0 Å². The molecule has 2 aromatic carbocycles. The van der Waals surface area contributed by atoms with E-state index < -0.39 is 21.4 Å². The molecule has 0 saturated carbocycles. The zero-order valence-corrected chi connectivity index (χ0v) is 47.5. The molecule has 0 amide bonds. The second-order valence-electron chi connectivity index (χ2n) is 12.3. The van der Waals surface area contributed by atoms with Crippen LogP contribution in [0.1, 0.15) is 13.9 Å². The van der Waals surface area contributed by atoms with Gasteiger partial charge in [0.25, 0.3) is 6.47 Å². The first kappa shape index (κ1) is 58.3.